The van der Waals surface area contributed by atoms with E-state index in [1.807, 2.05) is 0 Å². The van der Waals surface area contributed by atoms with Gasteiger partial charge >= 0.3 is 5.97 Å². The molecule has 1 rings (SSSR count). The van der Waals surface area contributed by atoms with Gasteiger partial charge in [-0.25, -0.2) is 0 Å². The highest BCUT2D eigenvalue weighted by Gasteiger charge is 2.27. The average Bonchev–Trinajstić information content (AvgIpc) is 2.82. The van der Waals surface area contributed by atoms with E-state index in [0.29, 0.717) is 18.5 Å². The van der Waals surface area contributed by atoms with Gasteiger partial charge in [0, 0.05) is 12.1 Å². The lowest BCUT2D eigenvalue weighted by atomic mass is 10.1. The molecule has 0 N–H and O–H groups in total. The van der Waals surface area contributed by atoms with Crippen LogP contribution < -0.4 is 0 Å². The predicted octanol–water partition coefficient (Wildman–Crippen LogP) is 3.23. The van der Waals surface area contributed by atoms with E-state index < -0.39 is 0 Å². The molecule has 1 unspecified atom stereocenters. The molecule has 1 saturated carbocycles. The first kappa shape index (κ1) is 15.5. The van der Waals surface area contributed by atoms with Crippen LogP contribution in [0.2, 0.25) is 0 Å². The van der Waals surface area contributed by atoms with Crippen molar-refractivity contribution in [2.75, 3.05) is 13.7 Å². The van der Waals surface area contributed by atoms with Gasteiger partial charge in [0.25, 0.3) is 0 Å². The highest BCUT2D eigenvalue weighted by atomic mass is 16.5. The lowest BCUT2D eigenvalue weighted by Gasteiger charge is -2.34. The highest BCUT2D eigenvalue weighted by molar-refractivity contribution is 5.69. The Hall–Kier alpha value is -0.570. The summed E-state index contributed by atoms with van der Waals surface area (Å²) in [6.07, 6.45) is 7.00. The van der Waals surface area contributed by atoms with Crippen LogP contribution in [-0.4, -0.2) is 36.6 Å². The number of hydrogen-bond acceptors (Lipinski definition) is 3. The Kier molecular flexibility index (Phi) is 6.69. The molecule has 0 bridgehead atoms. The second-order valence-corrected chi connectivity index (χ2v) is 5.99. The summed E-state index contributed by atoms with van der Waals surface area (Å²) in [5.41, 5.74) is 0. The highest BCUT2D eigenvalue weighted by Crippen LogP contribution is 2.26. The average molecular weight is 255 g/mol. The van der Waals surface area contributed by atoms with Crippen molar-refractivity contribution in [3.63, 3.8) is 0 Å². The molecule has 0 radical (unpaired) electrons. The van der Waals surface area contributed by atoms with Crippen molar-refractivity contribution in [1.82, 2.24) is 4.90 Å². The van der Waals surface area contributed by atoms with Gasteiger partial charge in [-0.2, -0.15) is 0 Å². The van der Waals surface area contributed by atoms with Gasteiger partial charge in [-0.05, 0) is 38.6 Å². The molecule has 0 amide bonds. The summed E-state index contributed by atoms with van der Waals surface area (Å²) in [4.78, 5) is 14.0. The van der Waals surface area contributed by atoms with Gasteiger partial charge < -0.3 is 4.74 Å². The minimum absolute atomic E-state index is 0.0879. The van der Waals surface area contributed by atoms with Crippen LogP contribution in [0.5, 0.6) is 0 Å². The van der Waals surface area contributed by atoms with Crippen molar-refractivity contribution in [3.05, 3.63) is 0 Å². The minimum atomic E-state index is -0.0879. The molecule has 0 heterocycles. The van der Waals surface area contributed by atoms with E-state index >= 15 is 0 Å². The van der Waals surface area contributed by atoms with Crippen molar-refractivity contribution in [2.24, 2.45) is 5.92 Å². The second-order valence-electron chi connectivity index (χ2n) is 5.99. The maximum Gasteiger partial charge on any atom is 0.307 e. The first-order chi connectivity index (χ1) is 8.54. The Morgan fingerprint density at radius 3 is 2.39 bits per heavy atom. The van der Waals surface area contributed by atoms with Crippen LogP contribution in [0, 0.1) is 5.92 Å². The molecule has 1 aliphatic carbocycles. The number of carbonyl (C=O) groups is 1. The molecule has 0 aromatic heterocycles. The van der Waals surface area contributed by atoms with Gasteiger partial charge in [0.05, 0.1) is 13.5 Å². The number of carbonyl (C=O) groups excluding carboxylic acids is 1. The van der Waals surface area contributed by atoms with Gasteiger partial charge in [0.15, 0.2) is 0 Å². The number of hydrogen-bond donors (Lipinski definition) is 0. The van der Waals surface area contributed by atoms with Gasteiger partial charge in [-0.15, -0.1) is 0 Å². The fourth-order valence-electron chi connectivity index (χ4n) is 2.85. The Bertz CT molecular complexity index is 247. The lowest BCUT2D eigenvalue weighted by Crippen LogP contribution is -2.42. The lowest BCUT2D eigenvalue weighted by molar-refractivity contribution is -0.142. The summed E-state index contributed by atoms with van der Waals surface area (Å²) in [5, 5.41) is 0. The van der Waals surface area contributed by atoms with Gasteiger partial charge in [0.2, 0.25) is 0 Å². The number of nitrogens with zero attached hydrogens (tertiary/aromatic N) is 1. The number of methoxy groups -OCH3 is 1. The first-order valence-corrected chi connectivity index (χ1v) is 7.37. The molecule has 18 heavy (non-hydrogen) atoms. The molecule has 1 fully saturated rings. The molecule has 1 atom stereocenters. The van der Waals surface area contributed by atoms with Crippen molar-refractivity contribution in [1.29, 1.82) is 0 Å². The molecular formula is C15H29NO2. The Morgan fingerprint density at radius 1 is 1.28 bits per heavy atom. The molecule has 1 aliphatic rings. The zero-order valence-electron chi connectivity index (χ0n) is 12.4. The van der Waals surface area contributed by atoms with Crippen molar-refractivity contribution in [2.45, 2.75) is 71.4 Å². The predicted molar refractivity (Wildman–Crippen MR) is 74.5 cm³/mol. The van der Waals surface area contributed by atoms with Crippen LogP contribution in [0.3, 0.4) is 0 Å². The van der Waals surface area contributed by atoms with Crippen LogP contribution >= 0.6 is 0 Å². The molecule has 0 saturated heterocycles. The number of rotatable bonds is 7. The topological polar surface area (TPSA) is 29.5 Å². The molecule has 0 aromatic carbocycles. The van der Waals surface area contributed by atoms with Crippen molar-refractivity contribution in [3.8, 4) is 0 Å². The summed E-state index contributed by atoms with van der Waals surface area (Å²) >= 11 is 0. The van der Waals surface area contributed by atoms with E-state index in [4.69, 9.17) is 4.74 Å². The third-order valence-corrected chi connectivity index (χ3v) is 4.01. The largest absolute Gasteiger partial charge is 0.469 e. The van der Waals surface area contributed by atoms with E-state index in [1.54, 1.807) is 0 Å². The third kappa shape index (κ3) is 4.97. The van der Waals surface area contributed by atoms with E-state index in [9.17, 15) is 4.79 Å². The molecule has 3 nitrogen and oxygen atoms in total. The van der Waals surface area contributed by atoms with Crippen LogP contribution in [-0.2, 0) is 9.53 Å². The summed E-state index contributed by atoms with van der Waals surface area (Å²) < 4.78 is 4.79. The second kappa shape index (κ2) is 7.78. The van der Waals surface area contributed by atoms with Gasteiger partial charge in [-0.1, -0.05) is 26.7 Å². The first-order valence-electron chi connectivity index (χ1n) is 7.37. The standard InChI is InChI=1S/C15H29NO2/c1-12(2)9-10-16(14-7-5-6-8-14)13(3)11-15(17)18-4/h12-14H,5-11H2,1-4H3. The Morgan fingerprint density at radius 2 is 1.89 bits per heavy atom. The van der Waals surface area contributed by atoms with Gasteiger partial charge in [0.1, 0.15) is 0 Å². The molecular weight excluding hydrogens is 226 g/mol. The SMILES string of the molecule is COC(=O)CC(C)N(CCC(C)C)C1CCCC1. The number of ether oxygens (including phenoxy) is 1. The summed E-state index contributed by atoms with van der Waals surface area (Å²) in [6, 6.07) is 0.989. The minimum Gasteiger partial charge on any atom is -0.469 e. The summed E-state index contributed by atoms with van der Waals surface area (Å²) in [7, 11) is 1.48. The summed E-state index contributed by atoms with van der Waals surface area (Å²) in [6.45, 7) is 7.80. The van der Waals surface area contributed by atoms with Crippen LogP contribution in [0.15, 0.2) is 0 Å². The van der Waals surface area contributed by atoms with E-state index in [-0.39, 0.29) is 5.97 Å². The Balaban J connectivity index is 2.54. The Labute approximate surface area is 112 Å². The quantitative estimate of drug-likeness (QED) is 0.654. The van der Waals surface area contributed by atoms with Crippen molar-refractivity contribution < 1.29 is 9.53 Å². The monoisotopic (exact) mass is 255 g/mol. The number of esters is 1. The van der Waals surface area contributed by atoms with Crippen LogP contribution in [0.1, 0.15) is 59.3 Å². The smallest absolute Gasteiger partial charge is 0.307 e. The fraction of sp³-hybridized carbons (Fsp3) is 0.933. The molecule has 3 heteroatoms. The molecule has 0 spiro atoms. The maximum atomic E-state index is 11.4. The summed E-state index contributed by atoms with van der Waals surface area (Å²) in [5.74, 6) is 0.634. The molecule has 0 aliphatic heterocycles. The zero-order chi connectivity index (χ0) is 13.5. The fourth-order valence-corrected chi connectivity index (χ4v) is 2.85. The molecule has 0 aromatic rings. The van der Waals surface area contributed by atoms with Gasteiger partial charge in [-0.3, -0.25) is 9.69 Å². The third-order valence-electron chi connectivity index (χ3n) is 4.01. The van der Waals surface area contributed by atoms with E-state index in [1.165, 1.54) is 39.2 Å². The zero-order valence-corrected chi connectivity index (χ0v) is 12.4. The van der Waals surface area contributed by atoms with E-state index in [0.717, 1.165) is 12.5 Å². The van der Waals surface area contributed by atoms with E-state index in [2.05, 4.69) is 25.7 Å². The van der Waals surface area contributed by atoms with Crippen molar-refractivity contribution >= 4 is 5.97 Å². The normalized spacial score (nSPS) is 18.6. The van der Waals surface area contributed by atoms with Crippen LogP contribution in [0.4, 0.5) is 0 Å². The maximum absolute atomic E-state index is 11.4. The molecule has 106 valence electrons. The van der Waals surface area contributed by atoms with Crippen LogP contribution in [0.25, 0.3) is 0 Å².